The van der Waals surface area contributed by atoms with Crippen molar-refractivity contribution in [2.24, 2.45) is 0 Å². The van der Waals surface area contributed by atoms with Gasteiger partial charge in [-0.2, -0.15) is 9.49 Å². The van der Waals surface area contributed by atoms with Gasteiger partial charge in [0.2, 0.25) is 5.95 Å². The highest BCUT2D eigenvalue weighted by atomic mass is 19.1. The summed E-state index contributed by atoms with van der Waals surface area (Å²) in [4.78, 5) is 12.9. The van der Waals surface area contributed by atoms with Crippen molar-refractivity contribution < 1.29 is 4.39 Å². The van der Waals surface area contributed by atoms with Crippen molar-refractivity contribution in [3.63, 3.8) is 0 Å². The second kappa shape index (κ2) is 4.90. The molecule has 2 atom stereocenters. The van der Waals surface area contributed by atoms with E-state index in [9.17, 15) is 4.39 Å². The Hall–Kier alpha value is -2.70. The summed E-state index contributed by atoms with van der Waals surface area (Å²) >= 11 is 0. The van der Waals surface area contributed by atoms with Gasteiger partial charge in [0, 0.05) is 43.4 Å². The maximum atomic E-state index is 13.4. The van der Waals surface area contributed by atoms with E-state index in [-0.39, 0.29) is 0 Å². The summed E-state index contributed by atoms with van der Waals surface area (Å²) < 4.78 is 15.3. The molecule has 0 aliphatic carbocycles. The van der Waals surface area contributed by atoms with Crippen molar-refractivity contribution in [1.29, 1.82) is 0 Å². The minimum atomic E-state index is -0.426. The van der Waals surface area contributed by atoms with Gasteiger partial charge in [0.25, 0.3) is 0 Å². The first kappa shape index (κ1) is 13.7. The number of fused-ring (bicyclic) bond motifs is 3. The highest BCUT2D eigenvalue weighted by molar-refractivity contribution is 5.72. The fraction of sp³-hybridized carbons (Fsp3) is 0.353. The molecule has 3 saturated heterocycles. The number of anilines is 2. The Labute approximate surface area is 138 Å². The maximum Gasteiger partial charge on any atom is 0.214 e. The molecule has 24 heavy (non-hydrogen) atoms. The van der Waals surface area contributed by atoms with Crippen molar-refractivity contribution in [3.8, 4) is 0 Å². The molecule has 6 nitrogen and oxygen atoms in total. The molecule has 0 amide bonds. The first-order valence-electron chi connectivity index (χ1n) is 8.15. The highest BCUT2D eigenvalue weighted by Gasteiger charge is 2.46. The van der Waals surface area contributed by atoms with E-state index in [1.54, 1.807) is 6.20 Å². The zero-order valence-corrected chi connectivity index (χ0v) is 13.3. The predicted octanol–water partition coefficient (Wildman–Crippen LogP) is 2.04. The fourth-order valence-corrected chi connectivity index (χ4v) is 3.98. The summed E-state index contributed by atoms with van der Waals surface area (Å²) in [6.45, 7) is 3.74. The first-order chi connectivity index (χ1) is 11.7. The van der Waals surface area contributed by atoms with Crippen LogP contribution in [0.25, 0.3) is 5.52 Å². The van der Waals surface area contributed by atoms with Crippen LogP contribution in [-0.4, -0.2) is 44.8 Å². The molecule has 0 N–H and O–H groups in total. The van der Waals surface area contributed by atoms with E-state index in [1.165, 1.54) is 12.3 Å². The van der Waals surface area contributed by atoms with Crippen molar-refractivity contribution >= 4 is 17.0 Å². The van der Waals surface area contributed by atoms with Gasteiger partial charge in [0.15, 0.2) is 5.82 Å². The zero-order chi connectivity index (χ0) is 16.3. The molecular formula is C17H17FN6. The zero-order valence-electron chi connectivity index (χ0n) is 13.3. The monoisotopic (exact) mass is 324 g/mol. The van der Waals surface area contributed by atoms with Crippen LogP contribution in [0.15, 0.2) is 36.8 Å². The summed E-state index contributed by atoms with van der Waals surface area (Å²) in [6.07, 6.45) is 6.37. The maximum absolute atomic E-state index is 13.4. The Balaban J connectivity index is 1.45. The van der Waals surface area contributed by atoms with Crippen molar-refractivity contribution in [2.75, 3.05) is 22.9 Å². The topological polar surface area (TPSA) is 49.6 Å². The van der Waals surface area contributed by atoms with E-state index in [2.05, 4.69) is 30.9 Å². The molecule has 0 spiro atoms. The number of piperidine rings is 1. The second-order valence-electron chi connectivity index (χ2n) is 6.56. The molecule has 0 radical (unpaired) electrons. The normalized spacial score (nSPS) is 22.8. The Morgan fingerprint density at radius 1 is 1.12 bits per heavy atom. The van der Waals surface area contributed by atoms with E-state index >= 15 is 0 Å². The number of nitrogens with zero attached hydrogens (tertiary/aromatic N) is 6. The minimum absolute atomic E-state index is 0.397. The average Bonchev–Trinajstić information content (AvgIpc) is 2.96. The standard InChI is InChI=1S/C17H17FN6/c1-11-6-15-17(20-4-5-23(15)21-11)24-13-7-14(24)10-22(9-13)12-2-3-19-16(18)8-12/h2-6,8,13-14H,7,9-10H2,1H3. The molecule has 122 valence electrons. The van der Waals surface area contributed by atoms with Crippen LogP contribution in [0, 0.1) is 12.9 Å². The number of halogens is 1. The molecule has 3 aliphatic heterocycles. The number of hydrogen-bond acceptors (Lipinski definition) is 5. The Morgan fingerprint density at radius 3 is 2.75 bits per heavy atom. The summed E-state index contributed by atoms with van der Waals surface area (Å²) in [5.74, 6) is 0.574. The van der Waals surface area contributed by atoms with Gasteiger partial charge in [-0.15, -0.1) is 0 Å². The largest absolute Gasteiger partial charge is 0.367 e. The minimum Gasteiger partial charge on any atom is -0.367 e. The molecule has 0 aromatic carbocycles. The molecular weight excluding hydrogens is 307 g/mol. The van der Waals surface area contributed by atoms with Crippen LogP contribution in [0.2, 0.25) is 0 Å². The lowest BCUT2D eigenvalue weighted by Crippen LogP contribution is -2.69. The van der Waals surface area contributed by atoms with E-state index in [0.717, 1.165) is 42.2 Å². The van der Waals surface area contributed by atoms with Gasteiger partial charge in [-0.25, -0.2) is 14.5 Å². The Kier molecular flexibility index (Phi) is 2.80. The number of piperazine rings is 1. The van der Waals surface area contributed by atoms with Gasteiger partial charge in [0.05, 0.1) is 17.8 Å². The van der Waals surface area contributed by atoms with E-state index < -0.39 is 5.95 Å². The van der Waals surface area contributed by atoms with Gasteiger partial charge in [-0.1, -0.05) is 0 Å². The smallest absolute Gasteiger partial charge is 0.214 e. The number of aromatic nitrogens is 4. The highest BCUT2D eigenvalue weighted by Crippen LogP contribution is 2.39. The van der Waals surface area contributed by atoms with Crippen LogP contribution in [0.3, 0.4) is 0 Å². The fourth-order valence-electron chi connectivity index (χ4n) is 3.98. The van der Waals surface area contributed by atoms with E-state index in [0.29, 0.717) is 12.1 Å². The molecule has 7 heteroatoms. The van der Waals surface area contributed by atoms with Crippen LogP contribution in [0.1, 0.15) is 12.1 Å². The molecule has 3 aromatic heterocycles. The van der Waals surface area contributed by atoms with Crippen LogP contribution in [0.4, 0.5) is 15.9 Å². The molecule has 2 unspecified atom stereocenters. The third-order valence-corrected chi connectivity index (χ3v) is 5.00. The average molecular weight is 324 g/mol. The quantitative estimate of drug-likeness (QED) is 0.675. The molecule has 3 fully saturated rings. The molecule has 3 aliphatic rings. The number of aryl methyl sites for hydroxylation is 1. The predicted molar refractivity (Wildman–Crippen MR) is 88.8 cm³/mol. The molecule has 6 heterocycles. The first-order valence-corrected chi connectivity index (χ1v) is 8.15. The Bertz CT molecular complexity index is 910. The number of rotatable bonds is 2. The van der Waals surface area contributed by atoms with Crippen LogP contribution >= 0.6 is 0 Å². The molecule has 2 bridgehead atoms. The van der Waals surface area contributed by atoms with Gasteiger partial charge >= 0.3 is 0 Å². The van der Waals surface area contributed by atoms with Gasteiger partial charge < -0.3 is 9.80 Å². The third-order valence-electron chi connectivity index (χ3n) is 5.00. The van der Waals surface area contributed by atoms with Crippen molar-refractivity contribution in [3.05, 3.63) is 48.4 Å². The summed E-state index contributed by atoms with van der Waals surface area (Å²) in [5, 5.41) is 4.47. The van der Waals surface area contributed by atoms with Crippen LogP contribution in [-0.2, 0) is 0 Å². The van der Waals surface area contributed by atoms with Crippen molar-refractivity contribution in [2.45, 2.75) is 25.4 Å². The van der Waals surface area contributed by atoms with E-state index in [1.807, 2.05) is 23.7 Å². The summed E-state index contributed by atoms with van der Waals surface area (Å²) in [6, 6.07) is 6.25. The van der Waals surface area contributed by atoms with E-state index in [4.69, 9.17) is 0 Å². The Morgan fingerprint density at radius 2 is 1.96 bits per heavy atom. The lowest BCUT2D eigenvalue weighted by molar-refractivity contribution is 0.289. The molecule has 3 aromatic rings. The van der Waals surface area contributed by atoms with Crippen LogP contribution in [0.5, 0.6) is 0 Å². The van der Waals surface area contributed by atoms with Gasteiger partial charge in [-0.05, 0) is 25.5 Å². The molecule has 6 rings (SSSR count). The molecule has 0 saturated carbocycles. The number of hydrogen-bond donors (Lipinski definition) is 0. The lowest BCUT2D eigenvalue weighted by Gasteiger charge is -2.57. The van der Waals surface area contributed by atoms with Crippen LogP contribution < -0.4 is 9.80 Å². The van der Waals surface area contributed by atoms with Crippen molar-refractivity contribution in [1.82, 2.24) is 19.6 Å². The summed E-state index contributed by atoms with van der Waals surface area (Å²) in [7, 11) is 0. The lowest BCUT2D eigenvalue weighted by atomic mass is 9.87. The number of pyridine rings is 1. The summed E-state index contributed by atoms with van der Waals surface area (Å²) in [5.41, 5.74) is 2.94. The third kappa shape index (κ3) is 1.97. The van der Waals surface area contributed by atoms with Gasteiger partial charge in [0.1, 0.15) is 5.52 Å². The van der Waals surface area contributed by atoms with Gasteiger partial charge in [-0.3, -0.25) is 0 Å². The second-order valence-corrected chi connectivity index (χ2v) is 6.56. The SMILES string of the molecule is Cc1cc2c(N3C4CC3CN(c3ccnc(F)c3)C4)nccn2n1.